The van der Waals surface area contributed by atoms with Crippen molar-refractivity contribution in [3.05, 3.63) is 27.6 Å². The molecule has 0 fully saturated rings. The normalized spacial score (nSPS) is 18.6. The van der Waals surface area contributed by atoms with Gasteiger partial charge in [0.15, 0.2) is 6.10 Å². The summed E-state index contributed by atoms with van der Waals surface area (Å²) in [5.74, 6) is 0. The Kier molecular flexibility index (Phi) is 3.10. The lowest BCUT2D eigenvalue weighted by molar-refractivity contribution is 0.0716. The molecule has 3 heterocycles. The quantitative estimate of drug-likeness (QED) is 0.865. The first-order valence-electron chi connectivity index (χ1n) is 6.34. The molecule has 0 radical (unpaired) electrons. The second-order valence-corrected chi connectivity index (χ2v) is 5.62. The van der Waals surface area contributed by atoms with Crippen molar-refractivity contribution in [2.24, 2.45) is 5.16 Å². The smallest absolute Gasteiger partial charge is 0.271 e. The van der Waals surface area contributed by atoms with Crippen molar-refractivity contribution in [3.63, 3.8) is 0 Å². The van der Waals surface area contributed by atoms with Crippen LogP contribution in [0.1, 0.15) is 25.3 Å². The molecule has 0 aromatic carbocycles. The van der Waals surface area contributed by atoms with Crippen molar-refractivity contribution in [2.75, 3.05) is 0 Å². The first-order chi connectivity index (χ1) is 9.19. The van der Waals surface area contributed by atoms with Crippen molar-refractivity contribution >= 4 is 27.3 Å². The molecule has 0 N–H and O–H groups in total. The van der Waals surface area contributed by atoms with Gasteiger partial charge in [-0.2, -0.15) is 0 Å². The van der Waals surface area contributed by atoms with Crippen LogP contribution in [-0.4, -0.2) is 21.4 Å². The van der Waals surface area contributed by atoms with E-state index in [1.165, 1.54) is 11.3 Å². The van der Waals surface area contributed by atoms with Crippen LogP contribution >= 0.6 is 11.3 Å². The lowest BCUT2D eigenvalue weighted by Crippen LogP contribution is -2.26. The number of rotatable bonds is 3. The highest BCUT2D eigenvalue weighted by Gasteiger charge is 2.21. The summed E-state index contributed by atoms with van der Waals surface area (Å²) in [5, 5.41) is 5.98. The number of fused-ring (bicyclic) bond motifs is 1. The summed E-state index contributed by atoms with van der Waals surface area (Å²) >= 11 is 1.45. The van der Waals surface area contributed by atoms with Gasteiger partial charge in [-0.25, -0.2) is 4.98 Å². The maximum absolute atomic E-state index is 12.3. The van der Waals surface area contributed by atoms with Crippen LogP contribution in [0.2, 0.25) is 0 Å². The largest absolute Gasteiger partial charge is 0.390 e. The Morgan fingerprint density at radius 2 is 2.42 bits per heavy atom. The first kappa shape index (κ1) is 12.3. The van der Waals surface area contributed by atoms with Crippen LogP contribution in [0.5, 0.6) is 0 Å². The fraction of sp³-hybridized carbons (Fsp3) is 0.462. The van der Waals surface area contributed by atoms with Crippen LogP contribution in [-0.2, 0) is 11.4 Å². The zero-order valence-electron chi connectivity index (χ0n) is 10.9. The molecule has 100 valence electrons. The predicted molar refractivity (Wildman–Crippen MR) is 75.8 cm³/mol. The van der Waals surface area contributed by atoms with E-state index in [2.05, 4.69) is 17.1 Å². The van der Waals surface area contributed by atoms with Crippen LogP contribution in [0.15, 0.2) is 21.7 Å². The van der Waals surface area contributed by atoms with E-state index in [4.69, 9.17) is 4.84 Å². The summed E-state index contributed by atoms with van der Waals surface area (Å²) in [6, 6.07) is 0. The summed E-state index contributed by atoms with van der Waals surface area (Å²) in [5.41, 5.74) is 2.93. The van der Waals surface area contributed by atoms with Gasteiger partial charge in [-0.1, -0.05) is 12.1 Å². The minimum atomic E-state index is -0.0482. The summed E-state index contributed by atoms with van der Waals surface area (Å²) in [6.45, 7) is 4.53. The molecular formula is C13H15N3O2S. The Labute approximate surface area is 114 Å². The molecule has 5 nitrogen and oxygen atoms in total. The van der Waals surface area contributed by atoms with E-state index in [9.17, 15) is 4.79 Å². The van der Waals surface area contributed by atoms with E-state index in [0.717, 1.165) is 34.3 Å². The molecule has 3 rings (SSSR count). The average Bonchev–Trinajstić information content (AvgIpc) is 3.00. The Morgan fingerprint density at radius 1 is 1.58 bits per heavy atom. The van der Waals surface area contributed by atoms with Crippen LogP contribution in [0, 0.1) is 6.92 Å². The van der Waals surface area contributed by atoms with Crippen LogP contribution in [0.4, 0.5) is 0 Å². The number of aromatic nitrogens is 2. The maximum Gasteiger partial charge on any atom is 0.271 e. The number of hydrogen-bond acceptors (Lipinski definition) is 5. The second-order valence-electron chi connectivity index (χ2n) is 4.74. The zero-order chi connectivity index (χ0) is 13.4. The molecule has 1 aliphatic heterocycles. The van der Waals surface area contributed by atoms with Gasteiger partial charge in [0.1, 0.15) is 4.70 Å². The minimum absolute atomic E-state index is 0.0108. The third-order valence-electron chi connectivity index (χ3n) is 3.33. The molecule has 0 amide bonds. The monoisotopic (exact) mass is 277 g/mol. The number of oxime groups is 1. The van der Waals surface area contributed by atoms with Crippen molar-refractivity contribution in [1.82, 2.24) is 9.55 Å². The standard InChI is InChI=1S/C13H15N3O2S/c1-3-9-4-10(18-15-9)5-16-7-14-11-8(2)6-19-12(11)13(16)17/h6-7,10H,3-5H2,1-2H3/t10-/m1/s1. The molecule has 0 saturated heterocycles. The van der Waals surface area contributed by atoms with E-state index in [1.54, 1.807) is 10.9 Å². The molecule has 0 unspecified atom stereocenters. The SMILES string of the molecule is CCC1=NO[C@@H](Cn2cnc3c(C)csc3c2=O)C1. The molecule has 2 aromatic heterocycles. The molecule has 6 heteroatoms. The summed E-state index contributed by atoms with van der Waals surface area (Å²) in [4.78, 5) is 22.0. The Morgan fingerprint density at radius 3 is 3.16 bits per heavy atom. The van der Waals surface area contributed by atoms with E-state index in [-0.39, 0.29) is 11.7 Å². The molecule has 0 saturated carbocycles. The van der Waals surface area contributed by atoms with Gasteiger partial charge in [-0.15, -0.1) is 11.3 Å². The Balaban J connectivity index is 1.86. The summed E-state index contributed by atoms with van der Waals surface area (Å²) < 4.78 is 2.34. The van der Waals surface area contributed by atoms with E-state index in [0.29, 0.717) is 6.54 Å². The van der Waals surface area contributed by atoms with Gasteiger partial charge < -0.3 is 4.84 Å². The first-order valence-corrected chi connectivity index (χ1v) is 7.21. The van der Waals surface area contributed by atoms with E-state index in [1.807, 2.05) is 12.3 Å². The van der Waals surface area contributed by atoms with E-state index >= 15 is 0 Å². The zero-order valence-corrected chi connectivity index (χ0v) is 11.7. The maximum atomic E-state index is 12.3. The van der Waals surface area contributed by atoms with Gasteiger partial charge in [-0.05, 0) is 24.3 Å². The minimum Gasteiger partial charge on any atom is -0.390 e. The van der Waals surface area contributed by atoms with Gasteiger partial charge >= 0.3 is 0 Å². The highest BCUT2D eigenvalue weighted by molar-refractivity contribution is 7.17. The van der Waals surface area contributed by atoms with Gasteiger partial charge in [0, 0.05) is 6.42 Å². The van der Waals surface area contributed by atoms with Crippen LogP contribution in [0.25, 0.3) is 10.2 Å². The van der Waals surface area contributed by atoms with Gasteiger partial charge in [0.2, 0.25) is 0 Å². The summed E-state index contributed by atoms with van der Waals surface area (Å²) in [6.07, 6.45) is 3.25. The fourth-order valence-corrected chi connectivity index (χ4v) is 3.15. The number of aryl methyl sites for hydroxylation is 1. The lowest BCUT2D eigenvalue weighted by Gasteiger charge is -2.10. The predicted octanol–water partition coefficient (Wildman–Crippen LogP) is 2.32. The van der Waals surface area contributed by atoms with Crippen molar-refractivity contribution in [1.29, 1.82) is 0 Å². The van der Waals surface area contributed by atoms with Crippen LogP contribution < -0.4 is 5.56 Å². The molecule has 2 aromatic rings. The van der Waals surface area contributed by atoms with Crippen LogP contribution in [0.3, 0.4) is 0 Å². The molecular weight excluding hydrogens is 262 g/mol. The van der Waals surface area contributed by atoms with Crippen molar-refractivity contribution < 1.29 is 4.84 Å². The third-order valence-corrected chi connectivity index (χ3v) is 4.40. The molecule has 0 aliphatic carbocycles. The lowest BCUT2D eigenvalue weighted by atomic mass is 10.1. The van der Waals surface area contributed by atoms with Gasteiger partial charge in [0.05, 0.1) is 24.1 Å². The molecule has 1 aliphatic rings. The van der Waals surface area contributed by atoms with E-state index < -0.39 is 0 Å². The third kappa shape index (κ3) is 2.16. The highest BCUT2D eigenvalue weighted by Crippen LogP contribution is 2.20. The van der Waals surface area contributed by atoms with Gasteiger partial charge in [-0.3, -0.25) is 9.36 Å². The van der Waals surface area contributed by atoms with Crippen molar-refractivity contribution in [3.8, 4) is 0 Å². The second kappa shape index (κ2) is 4.77. The van der Waals surface area contributed by atoms with Gasteiger partial charge in [0.25, 0.3) is 5.56 Å². The number of nitrogens with zero attached hydrogens (tertiary/aromatic N) is 3. The summed E-state index contributed by atoms with van der Waals surface area (Å²) in [7, 11) is 0. The topological polar surface area (TPSA) is 56.5 Å². The average molecular weight is 277 g/mol. The molecule has 0 spiro atoms. The molecule has 19 heavy (non-hydrogen) atoms. The highest BCUT2D eigenvalue weighted by atomic mass is 32.1. The molecule has 0 bridgehead atoms. The number of thiophene rings is 1. The molecule has 1 atom stereocenters. The number of hydrogen-bond donors (Lipinski definition) is 0. The Hall–Kier alpha value is -1.69. The fourth-order valence-electron chi connectivity index (χ4n) is 2.20. The van der Waals surface area contributed by atoms with Crippen molar-refractivity contribution in [2.45, 2.75) is 39.3 Å². The Bertz CT molecular complexity index is 701.